The van der Waals surface area contributed by atoms with Crippen molar-refractivity contribution in [3.05, 3.63) is 29.8 Å². The molecule has 0 aromatic heterocycles. The van der Waals surface area contributed by atoms with Gasteiger partial charge < -0.3 is 5.11 Å². The molecule has 5 nitrogen and oxygen atoms in total. The van der Waals surface area contributed by atoms with Crippen molar-refractivity contribution in [1.82, 2.24) is 4.72 Å². The molecule has 1 aromatic carbocycles. The standard InChI is InChI=1S/C18H29NO4S2/c1-2-3-4-5-6-7-14-25(22,23)19-12-13-24-17-10-8-16(9-11-17)15-18(20)21/h8-11,19H,2-7,12-15H2,1H3,(H,20,21). The molecule has 1 rings (SSSR count). The van der Waals surface area contributed by atoms with E-state index >= 15 is 0 Å². The zero-order chi connectivity index (χ0) is 18.5. The SMILES string of the molecule is CCCCCCCCS(=O)(=O)NCCSc1ccc(CC(=O)O)cc1. The van der Waals surface area contributed by atoms with Gasteiger partial charge in [-0.05, 0) is 24.1 Å². The Bertz CT molecular complexity index is 600. The molecule has 0 unspecified atom stereocenters. The third kappa shape index (κ3) is 11.2. The largest absolute Gasteiger partial charge is 0.481 e. The van der Waals surface area contributed by atoms with Crippen LogP contribution in [0.2, 0.25) is 0 Å². The van der Waals surface area contributed by atoms with Gasteiger partial charge in [0.25, 0.3) is 0 Å². The van der Waals surface area contributed by atoms with Crippen LogP contribution in [0.15, 0.2) is 29.2 Å². The molecule has 0 bridgehead atoms. The van der Waals surface area contributed by atoms with Crippen molar-refractivity contribution >= 4 is 27.8 Å². The van der Waals surface area contributed by atoms with E-state index in [9.17, 15) is 13.2 Å². The number of unbranched alkanes of at least 4 members (excludes halogenated alkanes) is 5. The lowest BCUT2D eigenvalue weighted by Crippen LogP contribution is -2.28. The number of hydrogen-bond donors (Lipinski definition) is 2. The number of nitrogens with one attached hydrogen (secondary N) is 1. The van der Waals surface area contributed by atoms with Crippen LogP contribution in [0.5, 0.6) is 0 Å². The van der Waals surface area contributed by atoms with Crippen LogP contribution in [0.4, 0.5) is 0 Å². The Kier molecular flexibility index (Phi) is 10.8. The number of sulfonamides is 1. The average Bonchev–Trinajstić information content (AvgIpc) is 2.56. The number of rotatable bonds is 14. The minimum atomic E-state index is -3.18. The number of carboxylic acid groups (broad SMARTS) is 1. The molecule has 0 atom stereocenters. The van der Waals surface area contributed by atoms with Crippen molar-refractivity contribution in [2.75, 3.05) is 18.1 Å². The van der Waals surface area contributed by atoms with Gasteiger partial charge in [0.15, 0.2) is 0 Å². The molecule has 0 radical (unpaired) electrons. The summed E-state index contributed by atoms with van der Waals surface area (Å²) in [6.07, 6.45) is 6.42. The van der Waals surface area contributed by atoms with Crippen LogP contribution in [0.25, 0.3) is 0 Å². The van der Waals surface area contributed by atoms with Crippen molar-refractivity contribution in [2.45, 2.75) is 56.8 Å². The van der Waals surface area contributed by atoms with Crippen LogP contribution in [0, 0.1) is 0 Å². The summed E-state index contributed by atoms with van der Waals surface area (Å²) in [5.41, 5.74) is 0.761. The zero-order valence-corrected chi connectivity index (χ0v) is 16.5. The zero-order valence-electron chi connectivity index (χ0n) is 14.9. The van der Waals surface area contributed by atoms with Gasteiger partial charge in [-0.3, -0.25) is 4.79 Å². The van der Waals surface area contributed by atoms with Gasteiger partial charge in [0, 0.05) is 17.2 Å². The van der Waals surface area contributed by atoms with E-state index < -0.39 is 16.0 Å². The lowest BCUT2D eigenvalue weighted by Gasteiger charge is -2.07. The molecular weight excluding hydrogens is 358 g/mol. The molecule has 0 fully saturated rings. The van der Waals surface area contributed by atoms with Crippen LogP contribution in [0.1, 0.15) is 51.0 Å². The number of aliphatic carboxylic acids is 1. The Hall–Kier alpha value is -1.05. The van der Waals surface area contributed by atoms with Crippen LogP contribution in [-0.4, -0.2) is 37.5 Å². The Labute approximate surface area is 155 Å². The summed E-state index contributed by atoms with van der Waals surface area (Å²) in [5, 5.41) is 8.73. The second-order valence-electron chi connectivity index (χ2n) is 6.04. The normalized spacial score (nSPS) is 11.6. The van der Waals surface area contributed by atoms with E-state index in [4.69, 9.17) is 5.11 Å². The van der Waals surface area contributed by atoms with Crippen molar-refractivity contribution in [3.63, 3.8) is 0 Å². The molecule has 0 amide bonds. The molecule has 7 heteroatoms. The van der Waals surface area contributed by atoms with Gasteiger partial charge in [0.2, 0.25) is 10.0 Å². The molecule has 2 N–H and O–H groups in total. The van der Waals surface area contributed by atoms with E-state index in [1.54, 1.807) is 23.9 Å². The highest BCUT2D eigenvalue weighted by atomic mass is 32.2. The predicted octanol–water partition coefficient (Wildman–Crippen LogP) is 3.69. The summed E-state index contributed by atoms with van der Waals surface area (Å²) < 4.78 is 26.4. The molecule has 0 spiro atoms. The van der Waals surface area contributed by atoms with Gasteiger partial charge in [0.05, 0.1) is 12.2 Å². The van der Waals surface area contributed by atoms with Crippen molar-refractivity contribution in [2.24, 2.45) is 0 Å². The molecule has 0 heterocycles. The molecule has 0 saturated carbocycles. The molecular formula is C18H29NO4S2. The van der Waals surface area contributed by atoms with E-state index in [1.807, 2.05) is 12.1 Å². The average molecular weight is 388 g/mol. The second kappa shape index (κ2) is 12.3. The fourth-order valence-electron chi connectivity index (χ4n) is 2.39. The minimum Gasteiger partial charge on any atom is -0.481 e. The highest BCUT2D eigenvalue weighted by Gasteiger charge is 2.09. The monoisotopic (exact) mass is 387 g/mol. The van der Waals surface area contributed by atoms with Gasteiger partial charge in [-0.15, -0.1) is 11.8 Å². The minimum absolute atomic E-state index is 0.0171. The molecule has 0 aliphatic carbocycles. The first-order valence-corrected chi connectivity index (χ1v) is 11.5. The van der Waals surface area contributed by atoms with Gasteiger partial charge in [-0.1, -0.05) is 51.2 Å². The molecule has 0 aliphatic rings. The first-order valence-electron chi connectivity index (χ1n) is 8.84. The summed E-state index contributed by atoms with van der Waals surface area (Å²) in [4.78, 5) is 11.6. The fraction of sp³-hybridized carbons (Fsp3) is 0.611. The van der Waals surface area contributed by atoms with Crippen molar-refractivity contribution in [3.8, 4) is 0 Å². The van der Waals surface area contributed by atoms with Crippen molar-refractivity contribution in [1.29, 1.82) is 0 Å². The predicted molar refractivity (Wildman–Crippen MR) is 104 cm³/mol. The maximum atomic E-state index is 11.9. The van der Waals surface area contributed by atoms with Crippen LogP contribution in [0.3, 0.4) is 0 Å². The maximum absolute atomic E-state index is 11.9. The van der Waals surface area contributed by atoms with Crippen LogP contribution in [-0.2, 0) is 21.2 Å². The lowest BCUT2D eigenvalue weighted by molar-refractivity contribution is -0.136. The van der Waals surface area contributed by atoms with E-state index in [1.165, 1.54) is 19.3 Å². The summed E-state index contributed by atoms with van der Waals surface area (Å²) in [6.45, 7) is 2.57. The van der Waals surface area contributed by atoms with Gasteiger partial charge in [-0.2, -0.15) is 0 Å². The van der Waals surface area contributed by atoms with Gasteiger partial charge in [-0.25, -0.2) is 13.1 Å². The maximum Gasteiger partial charge on any atom is 0.307 e. The number of benzene rings is 1. The molecule has 1 aromatic rings. The molecule has 142 valence electrons. The highest BCUT2D eigenvalue weighted by molar-refractivity contribution is 7.99. The van der Waals surface area contributed by atoms with Crippen LogP contribution < -0.4 is 4.72 Å². The van der Waals surface area contributed by atoms with E-state index in [-0.39, 0.29) is 12.2 Å². The van der Waals surface area contributed by atoms with Gasteiger partial charge in [0.1, 0.15) is 0 Å². The Morgan fingerprint density at radius 2 is 1.72 bits per heavy atom. The smallest absolute Gasteiger partial charge is 0.307 e. The Morgan fingerprint density at radius 1 is 1.08 bits per heavy atom. The first kappa shape index (κ1) is 22.0. The topological polar surface area (TPSA) is 83.5 Å². The Morgan fingerprint density at radius 3 is 2.36 bits per heavy atom. The number of hydrogen-bond acceptors (Lipinski definition) is 4. The summed E-state index contributed by atoms with van der Waals surface area (Å²) in [5.74, 6) is 0.00183. The van der Waals surface area contributed by atoms with Crippen LogP contribution >= 0.6 is 11.8 Å². The quantitative estimate of drug-likeness (QED) is 0.376. The summed E-state index contributed by atoms with van der Waals surface area (Å²) >= 11 is 1.55. The lowest BCUT2D eigenvalue weighted by atomic mass is 10.1. The number of carboxylic acids is 1. The van der Waals surface area contributed by atoms with Gasteiger partial charge >= 0.3 is 5.97 Å². The molecule has 25 heavy (non-hydrogen) atoms. The highest BCUT2D eigenvalue weighted by Crippen LogP contribution is 2.18. The third-order valence-electron chi connectivity index (χ3n) is 3.74. The second-order valence-corrected chi connectivity index (χ2v) is 9.14. The Balaban J connectivity index is 2.17. The number of carbonyl (C=O) groups is 1. The van der Waals surface area contributed by atoms with E-state index in [2.05, 4.69) is 11.6 Å². The number of thioether (sulfide) groups is 1. The molecule has 0 aliphatic heterocycles. The third-order valence-corrected chi connectivity index (χ3v) is 6.22. The first-order chi connectivity index (χ1) is 11.9. The molecule has 0 saturated heterocycles. The van der Waals surface area contributed by atoms with E-state index in [0.29, 0.717) is 12.3 Å². The summed E-state index contributed by atoms with van der Waals surface area (Å²) in [7, 11) is -3.18. The van der Waals surface area contributed by atoms with E-state index in [0.717, 1.165) is 29.7 Å². The van der Waals surface area contributed by atoms with Crippen molar-refractivity contribution < 1.29 is 18.3 Å². The fourth-order valence-corrected chi connectivity index (χ4v) is 4.43. The summed E-state index contributed by atoms with van der Waals surface area (Å²) in [6, 6.07) is 7.32.